The molecule has 3 rings (SSSR count). The number of amides is 1. The minimum Gasteiger partial charge on any atom is -0.353 e. The molecule has 4 heteroatoms. The lowest BCUT2D eigenvalue weighted by Gasteiger charge is -2.27. The molecule has 102 valence electrons. The second-order valence-electron chi connectivity index (χ2n) is 5.36. The van der Waals surface area contributed by atoms with Crippen molar-refractivity contribution < 1.29 is 4.79 Å². The molecule has 0 saturated heterocycles. The molecule has 1 atom stereocenters. The van der Waals surface area contributed by atoms with E-state index in [4.69, 9.17) is 0 Å². The summed E-state index contributed by atoms with van der Waals surface area (Å²) in [5.41, 5.74) is 1.21. The number of halogens is 1. The number of carbonyl (C=O) groups is 1. The Kier molecular flexibility index (Phi) is 4.18. The molecule has 1 aromatic carbocycles. The molecule has 1 amide bonds. The number of benzene rings is 1. The Bertz CT molecular complexity index is 471. The van der Waals surface area contributed by atoms with Crippen molar-refractivity contribution in [3.63, 3.8) is 0 Å². The van der Waals surface area contributed by atoms with Gasteiger partial charge in [0.1, 0.15) is 0 Å². The van der Waals surface area contributed by atoms with Crippen molar-refractivity contribution in [1.29, 1.82) is 0 Å². The first-order valence-corrected chi connectivity index (χ1v) is 8.80. The maximum atomic E-state index is 12.4. The van der Waals surface area contributed by atoms with E-state index in [9.17, 15) is 4.79 Å². The summed E-state index contributed by atoms with van der Waals surface area (Å²) in [4.78, 5) is 14.3. The molecule has 0 spiro atoms. The smallest absolute Gasteiger partial charge is 0.228 e. The zero-order chi connectivity index (χ0) is 13.2. The summed E-state index contributed by atoms with van der Waals surface area (Å²) in [6.07, 6.45) is 4.54. The van der Waals surface area contributed by atoms with E-state index in [0.717, 1.165) is 18.6 Å². The van der Waals surface area contributed by atoms with E-state index in [-0.39, 0.29) is 11.8 Å². The van der Waals surface area contributed by atoms with E-state index in [1.165, 1.54) is 23.3 Å². The Labute approximate surface area is 126 Å². The number of hydrogen-bond donors (Lipinski definition) is 1. The topological polar surface area (TPSA) is 29.1 Å². The van der Waals surface area contributed by atoms with Crippen LogP contribution in [-0.4, -0.2) is 22.5 Å². The van der Waals surface area contributed by atoms with Gasteiger partial charge in [0.15, 0.2) is 0 Å². The van der Waals surface area contributed by atoms with Crippen LogP contribution in [0.5, 0.6) is 0 Å². The second-order valence-corrected chi connectivity index (χ2v) is 7.72. The number of thioether (sulfide) groups is 1. The largest absolute Gasteiger partial charge is 0.353 e. The summed E-state index contributed by atoms with van der Waals surface area (Å²) in [7, 11) is 0. The highest BCUT2D eigenvalue weighted by atomic mass is 79.9. The maximum absolute atomic E-state index is 12.4. The Balaban J connectivity index is 1.63. The van der Waals surface area contributed by atoms with Gasteiger partial charge in [-0.15, -0.1) is 11.8 Å². The molecule has 1 unspecified atom stereocenters. The molecule has 1 N–H and O–H groups in total. The van der Waals surface area contributed by atoms with Crippen LogP contribution < -0.4 is 5.32 Å². The van der Waals surface area contributed by atoms with Crippen molar-refractivity contribution in [1.82, 2.24) is 5.32 Å². The molecule has 0 bridgehead atoms. The van der Waals surface area contributed by atoms with E-state index in [0.29, 0.717) is 10.9 Å². The van der Waals surface area contributed by atoms with E-state index >= 15 is 0 Å². The third-order valence-electron chi connectivity index (χ3n) is 4.02. The highest BCUT2D eigenvalue weighted by Crippen LogP contribution is 2.39. The number of alkyl halides is 1. The number of carbonyl (C=O) groups excluding carboxylic acids is 1. The quantitative estimate of drug-likeness (QED) is 0.832. The van der Waals surface area contributed by atoms with Crippen LogP contribution in [0.4, 0.5) is 0 Å². The summed E-state index contributed by atoms with van der Waals surface area (Å²) in [6, 6.07) is 8.65. The second kappa shape index (κ2) is 5.88. The molecule has 1 aromatic rings. The highest BCUT2D eigenvalue weighted by molar-refractivity contribution is 9.09. The molecular formula is C15H18BrNOS. The third kappa shape index (κ3) is 3.00. The predicted molar refractivity (Wildman–Crippen MR) is 83.0 cm³/mol. The number of hydrogen-bond acceptors (Lipinski definition) is 2. The zero-order valence-corrected chi connectivity index (χ0v) is 13.2. The molecule has 19 heavy (non-hydrogen) atoms. The van der Waals surface area contributed by atoms with Gasteiger partial charge in [0.05, 0.1) is 5.92 Å². The fourth-order valence-corrected chi connectivity index (χ4v) is 4.64. The van der Waals surface area contributed by atoms with Gasteiger partial charge < -0.3 is 5.32 Å². The van der Waals surface area contributed by atoms with Gasteiger partial charge in [-0.1, -0.05) is 34.1 Å². The lowest BCUT2D eigenvalue weighted by Crippen LogP contribution is -2.40. The molecule has 1 fully saturated rings. The fraction of sp³-hybridized carbons (Fsp3) is 0.533. The standard InChI is InChI=1S/C15H18BrNOS/c16-10-5-7-11(8-6-10)17-15(18)13-9-19-14-4-2-1-3-12(13)14/h1-4,10-11,13H,5-9H2,(H,17,18). The molecule has 1 heterocycles. The van der Waals surface area contributed by atoms with Crippen molar-refractivity contribution in [2.45, 2.75) is 47.4 Å². The van der Waals surface area contributed by atoms with Gasteiger partial charge in [-0.2, -0.15) is 0 Å². The fourth-order valence-electron chi connectivity index (χ4n) is 2.88. The number of nitrogens with one attached hydrogen (secondary N) is 1. The first-order valence-electron chi connectivity index (χ1n) is 6.90. The van der Waals surface area contributed by atoms with Crippen LogP contribution >= 0.6 is 27.7 Å². The van der Waals surface area contributed by atoms with Crippen LogP contribution in [0.1, 0.15) is 37.2 Å². The normalized spacial score (nSPS) is 29.8. The summed E-state index contributed by atoms with van der Waals surface area (Å²) in [5, 5.41) is 3.25. The average molecular weight is 340 g/mol. The minimum absolute atomic E-state index is 0.0443. The highest BCUT2D eigenvalue weighted by Gasteiger charge is 2.30. The summed E-state index contributed by atoms with van der Waals surface area (Å²) in [5.74, 6) is 1.15. The first kappa shape index (κ1) is 13.5. The van der Waals surface area contributed by atoms with Crippen LogP contribution in [0.3, 0.4) is 0 Å². The van der Waals surface area contributed by atoms with Crippen molar-refractivity contribution in [2.75, 3.05) is 5.75 Å². The van der Waals surface area contributed by atoms with Gasteiger partial charge >= 0.3 is 0 Å². The Morgan fingerprint density at radius 1 is 1.21 bits per heavy atom. The van der Waals surface area contributed by atoms with Crippen molar-refractivity contribution in [3.05, 3.63) is 29.8 Å². The van der Waals surface area contributed by atoms with Crippen molar-refractivity contribution in [3.8, 4) is 0 Å². The maximum Gasteiger partial charge on any atom is 0.228 e. The SMILES string of the molecule is O=C(NC1CCC(Br)CC1)C1CSc2ccccc21. The zero-order valence-electron chi connectivity index (χ0n) is 10.8. The monoisotopic (exact) mass is 339 g/mol. The molecular weight excluding hydrogens is 322 g/mol. The Morgan fingerprint density at radius 2 is 1.95 bits per heavy atom. The lowest BCUT2D eigenvalue weighted by atomic mass is 9.94. The lowest BCUT2D eigenvalue weighted by molar-refractivity contribution is -0.123. The molecule has 0 radical (unpaired) electrons. The van der Waals surface area contributed by atoms with E-state index < -0.39 is 0 Å². The molecule has 2 aliphatic rings. The van der Waals surface area contributed by atoms with Gasteiger partial charge in [-0.3, -0.25) is 4.79 Å². The van der Waals surface area contributed by atoms with E-state index in [1.807, 2.05) is 12.1 Å². The Hall–Kier alpha value is -0.480. The van der Waals surface area contributed by atoms with E-state index in [1.54, 1.807) is 11.8 Å². The summed E-state index contributed by atoms with van der Waals surface area (Å²) >= 11 is 5.45. The van der Waals surface area contributed by atoms with E-state index in [2.05, 4.69) is 33.4 Å². The average Bonchev–Trinajstić information content (AvgIpc) is 2.85. The van der Waals surface area contributed by atoms with Gasteiger partial charge in [0.25, 0.3) is 0 Å². The molecule has 1 saturated carbocycles. The molecule has 1 aliphatic carbocycles. The van der Waals surface area contributed by atoms with Gasteiger partial charge in [-0.25, -0.2) is 0 Å². The van der Waals surface area contributed by atoms with Crippen LogP contribution in [0.25, 0.3) is 0 Å². The van der Waals surface area contributed by atoms with Crippen LogP contribution in [0.2, 0.25) is 0 Å². The van der Waals surface area contributed by atoms with Crippen LogP contribution in [-0.2, 0) is 4.79 Å². The molecule has 0 aromatic heterocycles. The Morgan fingerprint density at radius 3 is 2.74 bits per heavy atom. The van der Waals surface area contributed by atoms with Crippen molar-refractivity contribution in [2.24, 2.45) is 0 Å². The van der Waals surface area contributed by atoms with Gasteiger partial charge in [0, 0.05) is 21.5 Å². The van der Waals surface area contributed by atoms with Gasteiger partial charge in [0.2, 0.25) is 5.91 Å². The third-order valence-corrected chi connectivity index (χ3v) is 6.12. The first-order chi connectivity index (χ1) is 9.24. The van der Waals surface area contributed by atoms with Crippen LogP contribution in [0, 0.1) is 0 Å². The molecule has 2 nitrogen and oxygen atoms in total. The number of rotatable bonds is 2. The van der Waals surface area contributed by atoms with Crippen LogP contribution in [0.15, 0.2) is 29.2 Å². The minimum atomic E-state index is 0.0443. The predicted octanol–water partition coefficient (Wildman–Crippen LogP) is 3.70. The number of fused-ring (bicyclic) bond motifs is 1. The molecule has 1 aliphatic heterocycles. The van der Waals surface area contributed by atoms with Gasteiger partial charge in [-0.05, 0) is 37.3 Å². The summed E-state index contributed by atoms with van der Waals surface area (Å²) < 4.78 is 0. The van der Waals surface area contributed by atoms with Crippen molar-refractivity contribution >= 4 is 33.6 Å². The summed E-state index contributed by atoms with van der Waals surface area (Å²) in [6.45, 7) is 0.